The zero-order valence-electron chi connectivity index (χ0n) is 12.2. The summed E-state index contributed by atoms with van der Waals surface area (Å²) in [5.41, 5.74) is 1.39. The summed E-state index contributed by atoms with van der Waals surface area (Å²) in [7, 11) is 0. The van der Waals surface area contributed by atoms with Crippen molar-refractivity contribution >= 4 is 11.6 Å². The molecule has 2 rings (SSSR count). The zero-order valence-corrected chi connectivity index (χ0v) is 12.9. The van der Waals surface area contributed by atoms with Crippen LogP contribution in [0.2, 0.25) is 5.02 Å². The molecule has 0 radical (unpaired) electrons. The molecule has 0 saturated heterocycles. The van der Waals surface area contributed by atoms with Crippen LogP contribution in [0.25, 0.3) is 0 Å². The maximum atomic E-state index is 6.14. The second-order valence-electron chi connectivity index (χ2n) is 6.06. The van der Waals surface area contributed by atoms with Crippen LogP contribution in [0, 0.1) is 5.92 Å². The Hall–Kier alpha value is -0.530. The van der Waals surface area contributed by atoms with Crippen molar-refractivity contribution in [2.24, 2.45) is 5.92 Å². The Kier molecular flexibility index (Phi) is 5.72. The average Bonchev–Trinajstić information content (AvgIpc) is 3.18. The number of benzene rings is 1. The number of halogens is 1. The first-order valence-electron chi connectivity index (χ1n) is 7.68. The van der Waals surface area contributed by atoms with E-state index in [1.165, 1.54) is 37.7 Å². The molecule has 0 aromatic heterocycles. The van der Waals surface area contributed by atoms with E-state index in [9.17, 15) is 0 Å². The molecule has 0 heterocycles. The topological polar surface area (TPSA) is 12.0 Å². The Morgan fingerprint density at radius 2 is 2.16 bits per heavy atom. The van der Waals surface area contributed by atoms with Gasteiger partial charge < -0.3 is 5.32 Å². The fraction of sp³-hybridized carbons (Fsp3) is 0.647. The van der Waals surface area contributed by atoms with Gasteiger partial charge in [-0.2, -0.15) is 0 Å². The summed E-state index contributed by atoms with van der Waals surface area (Å²) in [6, 6.07) is 9.18. The van der Waals surface area contributed by atoms with Gasteiger partial charge in [0, 0.05) is 17.6 Å². The van der Waals surface area contributed by atoms with Gasteiger partial charge in [0.25, 0.3) is 0 Å². The molecule has 0 bridgehead atoms. The van der Waals surface area contributed by atoms with Crippen LogP contribution < -0.4 is 5.32 Å². The summed E-state index contributed by atoms with van der Waals surface area (Å²) < 4.78 is 0. The maximum absolute atomic E-state index is 6.14. The van der Waals surface area contributed by atoms with Gasteiger partial charge in [0.1, 0.15) is 0 Å². The number of rotatable bonds is 8. The fourth-order valence-corrected chi connectivity index (χ4v) is 2.99. The molecule has 1 nitrogen and oxygen atoms in total. The molecule has 1 aromatic carbocycles. The van der Waals surface area contributed by atoms with Gasteiger partial charge in [-0.25, -0.2) is 0 Å². The van der Waals surface area contributed by atoms with E-state index in [-0.39, 0.29) is 0 Å². The van der Waals surface area contributed by atoms with E-state index in [0.717, 1.165) is 23.5 Å². The molecule has 1 aliphatic carbocycles. The van der Waals surface area contributed by atoms with Gasteiger partial charge in [0.15, 0.2) is 0 Å². The third-order valence-electron chi connectivity index (χ3n) is 4.02. The molecule has 2 atom stereocenters. The first-order valence-corrected chi connectivity index (χ1v) is 8.05. The van der Waals surface area contributed by atoms with Gasteiger partial charge >= 0.3 is 0 Å². The van der Waals surface area contributed by atoms with Crippen LogP contribution in [-0.2, 0) is 0 Å². The number of hydrogen-bond donors (Lipinski definition) is 1. The highest BCUT2D eigenvalue weighted by Gasteiger charge is 2.23. The highest BCUT2D eigenvalue weighted by Crippen LogP contribution is 2.29. The molecule has 106 valence electrons. The Morgan fingerprint density at radius 1 is 1.37 bits per heavy atom. The van der Waals surface area contributed by atoms with Crippen LogP contribution in [0.3, 0.4) is 0 Å². The number of hydrogen-bond acceptors (Lipinski definition) is 1. The lowest BCUT2D eigenvalue weighted by atomic mass is 9.87. The monoisotopic (exact) mass is 279 g/mol. The van der Waals surface area contributed by atoms with Crippen LogP contribution in [0.15, 0.2) is 24.3 Å². The van der Waals surface area contributed by atoms with Crippen molar-refractivity contribution < 1.29 is 0 Å². The average molecular weight is 280 g/mol. The summed E-state index contributed by atoms with van der Waals surface area (Å²) >= 11 is 6.14. The van der Waals surface area contributed by atoms with Crippen molar-refractivity contribution in [2.75, 3.05) is 6.54 Å². The highest BCUT2D eigenvalue weighted by molar-refractivity contribution is 6.30. The minimum Gasteiger partial charge on any atom is -0.313 e. The van der Waals surface area contributed by atoms with Crippen molar-refractivity contribution in [1.82, 2.24) is 5.32 Å². The van der Waals surface area contributed by atoms with Gasteiger partial charge in [-0.1, -0.05) is 50.4 Å². The smallest absolute Gasteiger partial charge is 0.0408 e. The lowest BCUT2D eigenvalue weighted by molar-refractivity contribution is 0.419. The fourth-order valence-electron chi connectivity index (χ4n) is 2.79. The summed E-state index contributed by atoms with van der Waals surface area (Å²) in [4.78, 5) is 0. The van der Waals surface area contributed by atoms with Crippen LogP contribution in [0.4, 0.5) is 0 Å². The van der Waals surface area contributed by atoms with E-state index in [1.807, 2.05) is 6.07 Å². The normalized spacial score (nSPS) is 18.3. The van der Waals surface area contributed by atoms with Gasteiger partial charge in [-0.05, 0) is 48.8 Å². The van der Waals surface area contributed by atoms with Crippen molar-refractivity contribution in [3.8, 4) is 0 Å². The van der Waals surface area contributed by atoms with Crippen LogP contribution in [-0.4, -0.2) is 12.6 Å². The molecule has 1 N–H and O–H groups in total. The SMILES string of the molecule is CCCC(C)CC(CNC1CC1)c1cccc(Cl)c1. The first kappa shape index (κ1) is 14.9. The van der Waals surface area contributed by atoms with E-state index in [2.05, 4.69) is 37.4 Å². The Labute approximate surface area is 122 Å². The Morgan fingerprint density at radius 3 is 2.79 bits per heavy atom. The third kappa shape index (κ3) is 5.16. The summed E-state index contributed by atoms with van der Waals surface area (Å²) in [5, 5.41) is 4.54. The van der Waals surface area contributed by atoms with E-state index in [1.54, 1.807) is 0 Å². The molecule has 19 heavy (non-hydrogen) atoms. The Bertz CT molecular complexity index is 387. The first-order chi connectivity index (χ1) is 9.19. The van der Waals surface area contributed by atoms with Crippen molar-refractivity contribution in [1.29, 1.82) is 0 Å². The van der Waals surface area contributed by atoms with Crippen molar-refractivity contribution in [2.45, 2.75) is 57.9 Å². The van der Waals surface area contributed by atoms with Crippen molar-refractivity contribution in [3.05, 3.63) is 34.9 Å². The minimum atomic E-state index is 0.598. The molecule has 2 unspecified atom stereocenters. The van der Waals surface area contributed by atoms with E-state index in [4.69, 9.17) is 11.6 Å². The van der Waals surface area contributed by atoms with E-state index >= 15 is 0 Å². The van der Waals surface area contributed by atoms with Gasteiger partial charge in [-0.15, -0.1) is 0 Å². The minimum absolute atomic E-state index is 0.598. The molecule has 1 saturated carbocycles. The van der Waals surface area contributed by atoms with Crippen LogP contribution >= 0.6 is 11.6 Å². The van der Waals surface area contributed by atoms with Gasteiger partial charge in [-0.3, -0.25) is 0 Å². The van der Waals surface area contributed by atoms with E-state index < -0.39 is 0 Å². The predicted molar refractivity (Wildman–Crippen MR) is 83.9 cm³/mol. The molecule has 1 aromatic rings. The Balaban J connectivity index is 1.99. The molecular formula is C17H26ClN. The summed E-state index contributed by atoms with van der Waals surface area (Å²) in [6.07, 6.45) is 6.56. The zero-order chi connectivity index (χ0) is 13.7. The number of nitrogens with one attached hydrogen (secondary N) is 1. The standard InChI is InChI=1S/C17H26ClN/c1-3-5-13(2)10-15(12-19-17-8-9-17)14-6-4-7-16(18)11-14/h4,6-7,11,13,15,17,19H,3,5,8-10,12H2,1-2H3. The van der Waals surface area contributed by atoms with Gasteiger partial charge in [0.05, 0.1) is 0 Å². The lowest BCUT2D eigenvalue weighted by Crippen LogP contribution is -2.24. The quantitative estimate of drug-likeness (QED) is 0.706. The third-order valence-corrected chi connectivity index (χ3v) is 4.25. The van der Waals surface area contributed by atoms with E-state index in [0.29, 0.717) is 5.92 Å². The summed E-state index contributed by atoms with van der Waals surface area (Å²) in [5.74, 6) is 1.39. The van der Waals surface area contributed by atoms with Crippen LogP contribution in [0.5, 0.6) is 0 Å². The van der Waals surface area contributed by atoms with Gasteiger partial charge in [0.2, 0.25) is 0 Å². The summed E-state index contributed by atoms with van der Waals surface area (Å²) in [6.45, 7) is 5.74. The molecule has 1 aliphatic rings. The molecule has 0 aliphatic heterocycles. The highest BCUT2D eigenvalue weighted by atomic mass is 35.5. The maximum Gasteiger partial charge on any atom is 0.0408 e. The van der Waals surface area contributed by atoms with Crippen LogP contribution in [0.1, 0.15) is 57.4 Å². The van der Waals surface area contributed by atoms with Crippen molar-refractivity contribution in [3.63, 3.8) is 0 Å². The second kappa shape index (κ2) is 7.31. The largest absolute Gasteiger partial charge is 0.313 e. The second-order valence-corrected chi connectivity index (χ2v) is 6.50. The molecule has 2 heteroatoms. The molecular weight excluding hydrogens is 254 g/mol. The molecule has 0 amide bonds. The lowest BCUT2D eigenvalue weighted by Gasteiger charge is -2.22. The predicted octanol–water partition coefficient (Wildman–Crippen LogP) is 5.00. The molecule has 0 spiro atoms. The molecule has 1 fully saturated rings.